The van der Waals surface area contributed by atoms with Crippen LogP contribution in [0.5, 0.6) is 0 Å². The Morgan fingerprint density at radius 1 is 0.473 bits per heavy atom. The van der Waals surface area contributed by atoms with Crippen molar-refractivity contribution < 1.29 is 4.57 Å². The van der Waals surface area contributed by atoms with Crippen molar-refractivity contribution in [3.05, 3.63) is 194 Å². The molecule has 10 aromatic rings. The summed E-state index contributed by atoms with van der Waals surface area (Å²) in [5.74, 6) is 1.39. The summed E-state index contributed by atoms with van der Waals surface area (Å²) in [7, 11) is -3.20. The first kappa shape index (κ1) is 31.6. The third kappa shape index (κ3) is 4.82. The van der Waals surface area contributed by atoms with Crippen LogP contribution in [0.2, 0.25) is 0 Å². The molecule has 55 heavy (non-hydrogen) atoms. The zero-order valence-corrected chi connectivity index (χ0v) is 30.6. The summed E-state index contributed by atoms with van der Waals surface area (Å²) in [6, 6.07) is 66.8. The lowest BCUT2D eigenvalue weighted by molar-refractivity contribution is 0.593. The van der Waals surface area contributed by atoms with Gasteiger partial charge in [-0.1, -0.05) is 176 Å². The number of hydrogen-bond acceptors (Lipinski definition) is 3. The van der Waals surface area contributed by atoms with Crippen LogP contribution in [-0.2, 0) is 4.57 Å². The fourth-order valence-electron chi connectivity index (χ4n) is 8.51. The second-order valence-corrected chi connectivity index (χ2v) is 16.8. The van der Waals surface area contributed by atoms with E-state index in [4.69, 9.17) is 9.97 Å². The molecule has 0 amide bonds. The predicted octanol–water partition coefficient (Wildman–Crippen LogP) is 11.3. The van der Waals surface area contributed by atoms with E-state index in [0.717, 1.165) is 87.8 Å². The van der Waals surface area contributed by atoms with E-state index in [2.05, 4.69) is 132 Å². The van der Waals surface area contributed by atoms with E-state index in [1.807, 2.05) is 66.7 Å². The fraction of sp³-hybridized carbons (Fsp3) is 0. The Balaban J connectivity index is 1.25. The van der Waals surface area contributed by atoms with Gasteiger partial charge in [0.2, 0.25) is 0 Å². The quantitative estimate of drug-likeness (QED) is 0.166. The summed E-state index contributed by atoms with van der Waals surface area (Å²) in [6.07, 6.45) is 0. The highest BCUT2D eigenvalue weighted by Gasteiger charge is 2.42. The Kier molecular flexibility index (Phi) is 7.10. The Morgan fingerprint density at radius 3 is 1.89 bits per heavy atom. The molecule has 3 heterocycles. The second kappa shape index (κ2) is 12.3. The van der Waals surface area contributed by atoms with E-state index in [1.165, 1.54) is 5.56 Å². The molecule has 0 bridgehead atoms. The summed E-state index contributed by atoms with van der Waals surface area (Å²) in [6.45, 7) is 0. The van der Waals surface area contributed by atoms with Crippen molar-refractivity contribution in [1.29, 1.82) is 0 Å². The number of fused-ring (bicyclic) bond motifs is 9. The maximum absolute atomic E-state index is 15.8. The highest BCUT2D eigenvalue weighted by molar-refractivity contribution is 7.86. The van der Waals surface area contributed by atoms with Crippen LogP contribution >= 0.6 is 7.14 Å². The molecule has 0 fully saturated rings. The van der Waals surface area contributed by atoms with Crippen LogP contribution in [0.15, 0.2) is 194 Å². The van der Waals surface area contributed by atoms with Crippen LogP contribution in [0.1, 0.15) is 0 Å². The lowest BCUT2D eigenvalue weighted by Crippen LogP contribution is -2.20. The first-order valence-corrected chi connectivity index (χ1v) is 20.2. The lowest BCUT2D eigenvalue weighted by Gasteiger charge is -2.16. The Bertz CT molecular complexity index is 3160. The maximum Gasteiger partial charge on any atom is 0.172 e. The Morgan fingerprint density at radius 2 is 1.11 bits per heavy atom. The minimum absolute atomic E-state index is 0.638. The van der Waals surface area contributed by atoms with Gasteiger partial charge in [-0.2, -0.15) is 0 Å². The van der Waals surface area contributed by atoms with E-state index < -0.39 is 7.14 Å². The topological polar surface area (TPSA) is 47.8 Å². The molecule has 258 valence electrons. The van der Waals surface area contributed by atoms with Gasteiger partial charge in [0.25, 0.3) is 0 Å². The van der Waals surface area contributed by atoms with E-state index in [0.29, 0.717) is 5.82 Å². The molecular weight excluding hydrogens is 690 g/mol. The fourth-order valence-corrected chi connectivity index (χ4v) is 11.6. The van der Waals surface area contributed by atoms with Gasteiger partial charge in [0, 0.05) is 49.4 Å². The molecule has 11 rings (SSSR count). The van der Waals surface area contributed by atoms with Gasteiger partial charge in [0.15, 0.2) is 13.0 Å². The molecule has 4 nitrogen and oxygen atoms in total. The van der Waals surface area contributed by atoms with Gasteiger partial charge in [-0.15, -0.1) is 0 Å². The van der Waals surface area contributed by atoms with E-state index in [-0.39, 0.29) is 0 Å². The van der Waals surface area contributed by atoms with Crippen molar-refractivity contribution in [3.8, 4) is 50.7 Å². The van der Waals surface area contributed by atoms with Crippen LogP contribution < -0.4 is 15.9 Å². The van der Waals surface area contributed by atoms with Gasteiger partial charge in [-0.3, -0.25) is 4.57 Å². The van der Waals surface area contributed by atoms with Crippen molar-refractivity contribution in [1.82, 2.24) is 14.5 Å². The molecule has 0 N–H and O–H groups in total. The standard InChI is InChI=1S/C50H32N3OP/c54-55(38-19-8-3-9-20-38)44-23-13-12-22-40(44)48-45(55)31-29-41-47-39-21-11-10-16-35(39)28-30-43(47)53(49(41)48)46-32-42(51-50(52-46)37-17-6-2-7-18-37)36-26-24-34(25-27-36)33-14-4-1-5-15-33/h1-32H. The second-order valence-electron chi connectivity index (χ2n) is 14.1. The Labute approximate surface area is 318 Å². The zero-order chi connectivity index (χ0) is 36.5. The molecule has 0 aliphatic carbocycles. The van der Waals surface area contributed by atoms with Crippen LogP contribution in [0.25, 0.3) is 83.3 Å². The summed E-state index contributed by atoms with van der Waals surface area (Å²) >= 11 is 0. The molecule has 0 spiro atoms. The van der Waals surface area contributed by atoms with Crippen LogP contribution in [-0.4, -0.2) is 14.5 Å². The number of nitrogens with zero attached hydrogens (tertiary/aromatic N) is 3. The predicted molar refractivity (Wildman–Crippen MR) is 229 cm³/mol. The highest BCUT2D eigenvalue weighted by Crippen LogP contribution is 2.55. The van der Waals surface area contributed by atoms with E-state index in [9.17, 15) is 0 Å². The molecule has 1 aliphatic heterocycles. The monoisotopic (exact) mass is 721 g/mol. The SMILES string of the molecule is O=P1(c2ccccc2)c2ccccc2-c2c1ccc1c3c4ccccc4ccc3n(-c3cc(-c4ccc(-c5ccccc5)cc4)nc(-c4ccccc4)n3)c21. The summed E-state index contributed by atoms with van der Waals surface area (Å²) in [5.41, 5.74) is 9.08. The molecule has 5 heteroatoms. The molecule has 1 unspecified atom stereocenters. The van der Waals surface area contributed by atoms with Crippen LogP contribution in [0.4, 0.5) is 0 Å². The van der Waals surface area contributed by atoms with Gasteiger partial charge in [0.05, 0.1) is 16.7 Å². The van der Waals surface area contributed by atoms with Crippen molar-refractivity contribution in [3.63, 3.8) is 0 Å². The zero-order valence-electron chi connectivity index (χ0n) is 29.7. The van der Waals surface area contributed by atoms with Gasteiger partial charge in [-0.25, -0.2) is 9.97 Å². The summed E-state index contributed by atoms with van der Waals surface area (Å²) in [5, 5.41) is 7.13. The average Bonchev–Trinajstić information content (AvgIpc) is 3.75. The molecular formula is C50H32N3OP. The van der Waals surface area contributed by atoms with E-state index >= 15 is 4.57 Å². The minimum atomic E-state index is -3.20. The number of aromatic nitrogens is 3. The van der Waals surface area contributed by atoms with Gasteiger partial charge in [-0.05, 0) is 39.6 Å². The number of hydrogen-bond donors (Lipinski definition) is 0. The highest BCUT2D eigenvalue weighted by atomic mass is 31.2. The third-order valence-electron chi connectivity index (χ3n) is 11.0. The first-order valence-electron chi connectivity index (χ1n) is 18.5. The largest absolute Gasteiger partial charge is 0.309 e. The summed E-state index contributed by atoms with van der Waals surface area (Å²) < 4.78 is 18.0. The average molecular weight is 722 g/mol. The summed E-state index contributed by atoms with van der Waals surface area (Å²) in [4.78, 5) is 10.6. The van der Waals surface area contributed by atoms with Crippen molar-refractivity contribution in [2.75, 3.05) is 0 Å². The first-order chi connectivity index (χ1) is 27.2. The smallest absolute Gasteiger partial charge is 0.172 e. The molecule has 0 saturated carbocycles. The van der Waals surface area contributed by atoms with Crippen LogP contribution in [0.3, 0.4) is 0 Å². The van der Waals surface area contributed by atoms with Gasteiger partial charge < -0.3 is 4.57 Å². The molecule has 2 aromatic heterocycles. The number of rotatable bonds is 5. The molecule has 0 saturated heterocycles. The Hall–Kier alpha value is -6.87. The minimum Gasteiger partial charge on any atom is -0.309 e. The van der Waals surface area contributed by atoms with Crippen molar-refractivity contribution in [2.45, 2.75) is 0 Å². The van der Waals surface area contributed by atoms with Gasteiger partial charge >= 0.3 is 0 Å². The maximum atomic E-state index is 15.8. The van der Waals surface area contributed by atoms with Crippen molar-refractivity contribution >= 4 is 55.6 Å². The molecule has 1 atom stereocenters. The van der Waals surface area contributed by atoms with Crippen LogP contribution in [0, 0.1) is 0 Å². The number of benzene rings is 8. The molecule has 0 radical (unpaired) electrons. The van der Waals surface area contributed by atoms with Crippen molar-refractivity contribution in [2.24, 2.45) is 0 Å². The normalized spacial score (nSPS) is 14.7. The third-order valence-corrected chi connectivity index (χ3v) is 14.2. The van der Waals surface area contributed by atoms with Gasteiger partial charge in [0.1, 0.15) is 5.82 Å². The van der Waals surface area contributed by atoms with E-state index in [1.54, 1.807) is 0 Å². The molecule has 8 aromatic carbocycles. The molecule has 1 aliphatic rings. The lowest BCUT2D eigenvalue weighted by atomic mass is 10.00.